The van der Waals surface area contributed by atoms with E-state index in [1.807, 2.05) is 31.2 Å². The highest BCUT2D eigenvalue weighted by atomic mass is 16.7. The minimum atomic E-state index is 0.277. The van der Waals surface area contributed by atoms with Gasteiger partial charge in [0, 0.05) is 17.8 Å². The van der Waals surface area contributed by atoms with Crippen LogP contribution in [-0.4, -0.2) is 16.6 Å². The Labute approximate surface area is 92.4 Å². The summed E-state index contributed by atoms with van der Waals surface area (Å²) < 4.78 is 12.3. The van der Waals surface area contributed by atoms with Gasteiger partial charge in [0.15, 0.2) is 11.5 Å². The van der Waals surface area contributed by atoms with E-state index >= 15 is 0 Å². The molecular weight excluding hydrogens is 206 g/mol. The number of hydrogen-bond donors (Lipinski definition) is 1. The lowest BCUT2D eigenvalue weighted by Crippen LogP contribution is -1.99. The highest BCUT2D eigenvalue weighted by Crippen LogP contribution is 2.33. The smallest absolute Gasteiger partial charge is 0.231 e. The Balaban J connectivity index is 2.10. The van der Waals surface area contributed by atoms with E-state index in [9.17, 15) is 0 Å². The fraction of sp³-hybridized carbons (Fsp3) is 0.182. The van der Waals surface area contributed by atoms with Gasteiger partial charge >= 0.3 is 0 Å². The van der Waals surface area contributed by atoms with Crippen molar-refractivity contribution in [3.8, 4) is 17.2 Å². The Morgan fingerprint density at radius 1 is 1.25 bits per heavy atom. The zero-order valence-corrected chi connectivity index (χ0v) is 8.80. The summed E-state index contributed by atoms with van der Waals surface area (Å²) in [6, 6.07) is 7.51. The highest BCUT2D eigenvalue weighted by Gasteiger charge is 2.14. The SMILES string of the molecule is Cc1cc(N)nn1-c1ccc2c(c1)OCO2. The summed E-state index contributed by atoms with van der Waals surface area (Å²) in [6.07, 6.45) is 0. The molecule has 0 atom stereocenters. The summed E-state index contributed by atoms with van der Waals surface area (Å²) in [4.78, 5) is 0. The molecule has 0 saturated heterocycles. The number of aryl methyl sites for hydroxylation is 1. The Bertz CT molecular complexity index is 548. The van der Waals surface area contributed by atoms with Gasteiger partial charge in [0.2, 0.25) is 6.79 Å². The molecule has 0 fully saturated rings. The molecular formula is C11H11N3O2. The number of aromatic nitrogens is 2. The van der Waals surface area contributed by atoms with Crippen LogP contribution in [-0.2, 0) is 0 Å². The number of ether oxygens (including phenoxy) is 2. The van der Waals surface area contributed by atoms with Crippen molar-refractivity contribution in [1.82, 2.24) is 9.78 Å². The first-order valence-corrected chi connectivity index (χ1v) is 4.96. The Morgan fingerprint density at radius 3 is 2.81 bits per heavy atom. The molecule has 3 rings (SSSR count). The summed E-state index contributed by atoms with van der Waals surface area (Å²) in [5, 5.41) is 4.20. The van der Waals surface area contributed by atoms with E-state index in [-0.39, 0.29) is 6.79 Å². The molecule has 82 valence electrons. The molecule has 2 heterocycles. The summed E-state index contributed by atoms with van der Waals surface area (Å²) in [6.45, 7) is 2.23. The largest absolute Gasteiger partial charge is 0.454 e. The lowest BCUT2D eigenvalue weighted by molar-refractivity contribution is 0.174. The lowest BCUT2D eigenvalue weighted by atomic mass is 10.3. The molecule has 2 aromatic rings. The second-order valence-corrected chi connectivity index (χ2v) is 3.66. The number of nitrogens with two attached hydrogens (primary N) is 1. The van der Waals surface area contributed by atoms with Gasteiger partial charge in [-0.1, -0.05) is 0 Å². The fourth-order valence-corrected chi connectivity index (χ4v) is 1.78. The molecule has 5 heteroatoms. The standard InChI is InChI=1S/C11H11N3O2/c1-7-4-11(12)13-14(7)8-2-3-9-10(5-8)16-6-15-9/h2-5H,6H2,1H3,(H2,12,13). The first-order chi connectivity index (χ1) is 7.74. The fourth-order valence-electron chi connectivity index (χ4n) is 1.78. The first-order valence-electron chi connectivity index (χ1n) is 4.96. The van der Waals surface area contributed by atoms with E-state index in [2.05, 4.69) is 5.10 Å². The summed E-state index contributed by atoms with van der Waals surface area (Å²) in [5.41, 5.74) is 7.54. The van der Waals surface area contributed by atoms with Crippen LogP contribution in [0.25, 0.3) is 5.69 Å². The van der Waals surface area contributed by atoms with Crippen LogP contribution in [0, 0.1) is 6.92 Å². The van der Waals surface area contributed by atoms with Crippen LogP contribution in [0.1, 0.15) is 5.69 Å². The van der Waals surface area contributed by atoms with Crippen molar-refractivity contribution >= 4 is 5.82 Å². The molecule has 0 saturated carbocycles. The van der Waals surface area contributed by atoms with Gasteiger partial charge in [-0.25, -0.2) is 4.68 Å². The van der Waals surface area contributed by atoms with Gasteiger partial charge in [-0.2, -0.15) is 5.10 Å². The van der Waals surface area contributed by atoms with Crippen LogP contribution in [0.5, 0.6) is 11.5 Å². The van der Waals surface area contributed by atoms with Crippen LogP contribution in [0.15, 0.2) is 24.3 Å². The number of rotatable bonds is 1. The normalized spacial score (nSPS) is 13.1. The van der Waals surface area contributed by atoms with E-state index in [1.54, 1.807) is 4.68 Å². The molecule has 0 bridgehead atoms. The molecule has 16 heavy (non-hydrogen) atoms. The van der Waals surface area contributed by atoms with Crippen molar-refractivity contribution in [2.45, 2.75) is 6.92 Å². The molecule has 2 N–H and O–H groups in total. The monoisotopic (exact) mass is 217 g/mol. The molecule has 0 amide bonds. The zero-order chi connectivity index (χ0) is 11.1. The quantitative estimate of drug-likeness (QED) is 0.786. The zero-order valence-electron chi connectivity index (χ0n) is 8.80. The molecule has 0 unspecified atom stereocenters. The van der Waals surface area contributed by atoms with Crippen LogP contribution in [0.2, 0.25) is 0 Å². The molecule has 1 aromatic carbocycles. The van der Waals surface area contributed by atoms with E-state index < -0.39 is 0 Å². The number of nitrogen functional groups attached to an aromatic ring is 1. The first kappa shape index (κ1) is 9.08. The number of nitrogens with zero attached hydrogens (tertiary/aromatic N) is 2. The second kappa shape index (κ2) is 3.16. The highest BCUT2D eigenvalue weighted by molar-refractivity contribution is 5.50. The Kier molecular flexibility index (Phi) is 1.80. The van der Waals surface area contributed by atoms with E-state index in [0.29, 0.717) is 5.82 Å². The molecule has 5 nitrogen and oxygen atoms in total. The number of fused-ring (bicyclic) bond motifs is 1. The average molecular weight is 217 g/mol. The van der Waals surface area contributed by atoms with Crippen LogP contribution in [0.3, 0.4) is 0 Å². The lowest BCUT2D eigenvalue weighted by Gasteiger charge is -2.04. The maximum Gasteiger partial charge on any atom is 0.231 e. The molecule has 0 radical (unpaired) electrons. The van der Waals surface area contributed by atoms with Gasteiger partial charge < -0.3 is 15.2 Å². The van der Waals surface area contributed by atoms with Gasteiger partial charge in [-0.3, -0.25) is 0 Å². The van der Waals surface area contributed by atoms with Crippen LogP contribution in [0.4, 0.5) is 5.82 Å². The minimum Gasteiger partial charge on any atom is -0.454 e. The second-order valence-electron chi connectivity index (χ2n) is 3.66. The van der Waals surface area contributed by atoms with Gasteiger partial charge in [0.05, 0.1) is 5.69 Å². The molecule has 0 aliphatic carbocycles. The van der Waals surface area contributed by atoms with Crippen molar-refractivity contribution < 1.29 is 9.47 Å². The third-order valence-corrected chi connectivity index (χ3v) is 2.51. The molecule has 1 aliphatic heterocycles. The summed E-state index contributed by atoms with van der Waals surface area (Å²) >= 11 is 0. The third-order valence-electron chi connectivity index (χ3n) is 2.51. The third kappa shape index (κ3) is 1.29. The van der Waals surface area contributed by atoms with E-state index in [4.69, 9.17) is 15.2 Å². The Hall–Kier alpha value is -2.17. The molecule has 0 spiro atoms. The number of anilines is 1. The average Bonchev–Trinajstić information content (AvgIpc) is 2.83. The molecule has 1 aromatic heterocycles. The maximum atomic E-state index is 5.64. The Morgan fingerprint density at radius 2 is 2.06 bits per heavy atom. The number of benzene rings is 1. The topological polar surface area (TPSA) is 62.3 Å². The van der Waals surface area contributed by atoms with E-state index in [1.165, 1.54) is 0 Å². The van der Waals surface area contributed by atoms with Gasteiger partial charge in [-0.15, -0.1) is 0 Å². The van der Waals surface area contributed by atoms with Crippen LogP contribution >= 0.6 is 0 Å². The van der Waals surface area contributed by atoms with Crippen molar-refractivity contribution in [3.63, 3.8) is 0 Å². The number of hydrogen-bond acceptors (Lipinski definition) is 4. The predicted octanol–water partition coefficient (Wildman–Crippen LogP) is 1.49. The molecule has 1 aliphatic rings. The van der Waals surface area contributed by atoms with Gasteiger partial charge in [0.25, 0.3) is 0 Å². The van der Waals surface area contributed by atoms with Crippen LogP contribution < -0.4 is 15.2 Å². The predicted molar refractivity (Wildman–Crippen MR) is 58.8 cm³/mol. The van der Waals surface area contributed by atoms with Gasteiger partial charge in [0.1, 0.15) is 5.82 Å². The minimum absolute atomic E-state index is 0.277. The van der Waals surface area contributed by atoms with Crippen molar-refractivity contribution in [2.24, 2.45) is 0 Å². The van der Waals surface area contributed by atoms with Gasteiger partial charge in [-0.05, 0) is 19.1 Å². The summed E-state index contributed by atoms with van der Waals surface area (Å²) in [5.74, 6) is 2.02. The summed E-state index contributed by atoms with van der Waals surface area (Å²) in [7, 11) is 0. The van der Waals surface area contributed by atoms with E-state index in [0.717, 1.165) is 22.9 Å². The maximum absolute atomic E-state index is 5.64. The van der Waals surface area contributed by atoms with Crippen molar-refractivity contribution in [1.29, 1.82) is 0 Å². The van der Waals surface area contributed by atoms with Crippen molar-refractivity contribution in [3.05, 3.63) is 30.0 Å². The van der Waals surface area contributed by atoms with Crippen molar-refractivity contribution in [2.75, 3.05) is 12.5 Å².